The van der Waals surface area contributed by atoms with Crippen LogP contribution in [0.5, 0.6) is 0 Å². The molecule has 0 atom stereocenters. The summed E-state index contributed by atoms with van der Waals surface area (Å²) >= 11 is 1.55. The quantitative estimate of drug-likeness (QED) is 0.399. The number of rotatable bonds is 11. The summed E-state index contributed by atoms with van der Waals surface area (Å²) in [5, 5.41) is 2.72. The molecule has 33 heavy (non-hydrogen) atoms. The maximum absolute atomic E-state index is 13.6. The fourth-order valence-electron chi connectivity index (χ4n) is 3.03. The number of nitrogens with zero attached hydrogens (tertiary/aromatic N) is 1. The van der Waals surface area contributed by atoms with Gasteiger partial charge in [-0.25, -0.2) is 17.2 Å². The molecule has 0 unspecified atom stereocenters. The smallest absolute Gasteiger partial charge is 0.264 e. The molecular formula is C24H24F2N2O3S2. The predicted octanol–water partition coefficient (Wildman–Crippen LogP) is 4.60. The van der Waals surface area contributed by atoms with Crippen LogP contribution in [0.1, 0.15) is 12.0 Å². The molecule has 174 valence electrons. The summed E-state index contributed by atoms with van der Waals surface area (Å²) in [6, 6.07) is 19.3. The van der Waals surface area contributed by atoms with E-state index in [4.69, 9.17) is 0 Å². The van der Waals surface area contributed by atoms with Gasteiger partial charge >= 0.3 is 0 Å². The van der Waals surface area contributed by atoms with Crippen molar-refractivity contribution in [2.45, 2.75) is 17.1 Å². The normalized spacial score (nSPS) is 11.2. The largest absolute Gasteiger partial charge is 0.354 e. The number of hydrogen-bond acceptors (Lipinski definition) is 4. The van der Waals surface area contributed by atoms with Crippen molar-refractivity contribution in [2.24, 2.45) is 0 Å². The third-order valence-electron chi connectivity index (χ3n) is 4.74. The van der Waals surface area contributed by atoms with Crippen LogP contribution in [-0.2, 0) is 20.6 Å². The Labute approximate surface area is 196 Å². The van der Waals surface area contributed by atoms with Crippen LogP contribution in [0.4, 0.5) is 14.5 Å². The molecule has 1 amide bonds. The molecular weight excluding hydrogens is 466 g/mol. The van der Waals surface area contributed by atoms with Crippen molar-refractivity contribution in [1.29, 1.82) is 0 Å². The van der Waals surface area contributed by atoms with Gasteiger partial charge in [-0.15, -0.1) is 0 Å². The maximum Gasteiger partial charge on any atom is 0.264 e. The van der Waals surface area contributed by atoms with Crippen molar-refractivity contribution >= 4 is 33.4 Å². The van der Waals surface area contributed by atoms with Gasteiger partial charge in [0.1, 0.15) is 18.2 Å². The highest BCUT2D eigenvalue weighted by molar-refractivity contribution is 7.98. The van der Waals surface area contributed by atoms with Gasteiger partial charge in [-0.2, -0.15) is 11.8 Å². The Hall–Kier alpha value is -2.91. The second-order valence-electron chi connectivity index (χ2n) is 7.15. The molecule has 0 aliphatic heterocycles. The minimum atomic E-state index is -4.03. The Morgan fingerprint density at radius 3 is 2.27 bits per heavy atom. The Bertz CT molecular complexity index is 1160. The van der Waals surface area contributed by atoms with E-state index in [2.05, 4.69) is 5.32 Å². The molecule has 0 radical (unpaired) electrons. The molecule has 3 aromatic carbocycles. The molecule has 1 N–H and O–H groups in total. The first-order valence-corrected chi connectivity index (χ1v) is 12.9. The van der Waals surface area contributed by atoms with Gasteiger partial charge in [0.15, 0.2) is 0 Å². The number of benzene rings is 3. The van der Waals surface area contributed by atoms with Crippen LogP contribution in [0.2, 0.25) is 0 Å². The highest BCUT2D eigenvalue weighted by atomic mass is 32.2. The second kappa shape index (κ2) is 11.8. The van der Waals surface area contributed by atoms with Crippen molar-refractivity contribution in [3.63, 3.8) is 0 Å². The molecule has 0 spiro atoms. The van der Waals surface area contributed by atoms with E-state index in [1.54, 1.807) is 48.2 Å². The van der Waals surface area contributed by atoms with E-state index >= 15 is 0 Å². The molecule has 0 aliphatic rings. The molecule has 0 bridgehead atoms. The van der Waals surface area contributed by atoms with Gasteiger partial charge in [0.2, 0.25) is 5.91 Å². The number of anilines is 1. The predicted molar refractivity (Wildman–Crippen MR) is 128 cm³/mol. The molecule has 5 nitrogen and oxygen atoms in total. The van der Waals surface area contributed by atoms with Gasteiger partial charge in [-0.3, -0.25) is 9.10 Å². The summed E-state index contributed by atoms with van der Waals surface area (Å²) in [6.07, 6.45) is 0.646. The number of halogens is 2. The minimum Gasteiger partial charge on any atom is -0.354 e. The van der Waals surface area contributed by atoms with Crippen LogP contribution >= 0.6 is 11.8 Å². The highest BCUT2D eigenvalue weighted by Crippen LogP contribution is 2.23. The van der Waals surface area contributed by atoms with E-state index in [0.29, 0.717) is 30.0 Å². The van der Waals surface area contributed by atoms with E-state index in [0.717, 1.165) is 16.4 Å². The summed E-state index contributed by atoms with van der Waals surface area (Å²) in [5.74, 6) is 0.0253. The van der Waals surface area contributed by atoms with E-state index in [9.17, 15) is 22.0 Å². The molecule has 0 aliphatic carbocycles. The van der Waals surface area contributed by atoms with Crippen molar-refractivity contribution in [1.82, 2.24) is 5.32 Å². The van der Waals surface area contributed by atoms with E-state index in [1.807, 2.05) is 0 Å². The van der Waals surface area contributed by atoms with E-state index in [-0.39, 0.29) is 16.4 Å². The fraction of sp³-hybridized carbons (Fsp3) is 0.208. The summed E-state index contributed by atoms with van der Waals surface area (Å²) in [7, 11) is -4.03. The fourth-order valence-corrected chi connectivity index (χ4v) is 5.42. The van der Waals surface area contributed by atoms with Gasteiger partial charge in [-0.1, -0.05) is 36.4 Å². The summed E-state index contributed by atoms with van der Waals surface area (Å²) in [4.78, 5) is 12.6. The van der Waals surface area contributed by atoms with Gasteiger partial charge < -0.3 is 5.32 Å². The zero-order valence-corrected chi connectivity index (χ0v) is 19.4. The molecule has 9 heteroatoms. The lowest BCUT2D eigenvalue weighted by atomic mass is 10.2. The SMILES string of the molecule is O=C(CN(c1ccc(F)cc1)S(=O)(=O)c1ccccc1)NCCCSCc1ccccc1F. The number of sulfonamides is 1. The molecule has 3 rings (SSSR count). The maximum atomic E-state index is 13.6. The monoisotopic (exact) mass is 490 g/mol. The van der Waals surface area contributed by atoms with Gasteiger partial charge in [0.05, 0.1) is 10.6 Å². The van der Waals surface area contributed by atoms with Crippen LogP contribution in [0, 0.1) is 11.6 Å². The Balaban J connectivity index is 1.56. The lowest BCUT2D eigenvalue weighted by molar-refractivity contribution is -0.119. The number of amides is 1. The molecule has 0 aromatic heterocycles. The first-order chi connectivity index (χ1) is 15.9. The van der Waals surface area contributed by atoms with Crippen molar-refractivity contribution < 1.29 is 22.0 Å². The van der Waals surface area contributed by atoms with Gasteiger partial charge in [-0.05, 0) is 60.2 Å². The molecule has 0 saturated carbocycles. The van der Waals surface area contributed by atoms with Crippen LogP contribution in [0.15, 0.2) is 83.8 Å². The molecule has 0 heterocycles. The summed E-state index contributed by atoms with van der Waals surface area (Å²) in [6.45, 7) is -0.0863. The minimum absolute atomic E-state index is 0.0340. The zero-order chi connectivity index (χ0) is 23.7. The van der Waals surface area contributed by atoms with Crippen LogP contribution in [0.3, 0.4) is 0 Å². The topological polar surface area (TPSA) is 66.5 Å². The van der Waals surface area contributed by atoms with Gasteiger partial charge in [0, 0.05) is 12.3 Å². The summed E-state index contributed by atoms with van der Waals surface area (Å²) < 4.78 is 54.2. The number of carbonyl (C=O) groups is 1. The van der Waals surface area contributed by atoms with Crippen LogP contribution < -0.4 is 9.62 Å². The lowest BCUT2D eigenvalue weighted by Gasteiger charge is -2.24. The Kier molecular flexibility index (Phi) is 8.85. The third-order valence-corrected chi connectivity index (χ3v) is 7.62. The van der Waals surface area contributed by atoms with E-state index in [1.165, 1.54) is 30.3 Å². The lowest BCUT2D eigenvalue weighted by Crippen LogP contribution is -2.41. The van der Waals surface area contributed by atoms with Crippen molar-refractivity contribution in [2.75, 3.05) is 23.1 Å². The van der Waals surface area contributed by atoms with E-state index < -0.39 is 28.3 Å². The third kappa shape index (κ3) is 7.03. The first-order valence-electron chi connectivity index (χ1n) is 10.3. The average Bonchev–Trinajstić information content (AvgIpc) is 2.82. The molecule has 0 saturated heterocycles. The van der Waals surface area contributed by atoms with Crippen molar-refractivity contribution in [3.05, 3.63) is 96.1 Å². The summed E-state index contributed by atoms with van der Waals surface area (Å²) in [5.41, 5.74) is 0.823. The average molecular weight is 491 g/mol. The number of hydrogen-bond donors (Lipinski definition) is 1. The number of nitrogens with one attached hydrogen (secondary N) is 1. The Morgan fingerprint density at radius 2 is 1.58 bits per heavy atom. The molecule has 3 aromatic rings. The van der Waals surface area contributed by atoms with Crippen LogP contribution in [-0.4, -0.2) is 33.2 Å². The van der Waals surface area contributed by atoms with Gasteiger partial charge in [0.25, 0.3) is 10.0 Å². The van der Waals surface area contributed by atoms with Crippen LogP contribution in [0.25, 0.3) is 0 Å². The number of carbonyl (C=O) groups excluding carboxylic acids is 1. The molecule has 0 fully saturated rings. The van der Waals surface area contributed by atoms with Crippen molar-refractivity contribution in [3.8, 4) is 0 Å². The second-order valence-corrected chi connectivity index (χ2v) is 10.1. The Morgan fingerprint density at radius 1 is 0.909 bits per heavy atom. The number of thioether (sulfide) groups is 1. The first kappa shape index (κ1) is 24.7. The standard InChI is InChI=1S/C24H24F2N2O3S2/c25-20-11-13-21(14-12-20)28(33(30,31)22-8-2-1-3-9-22)17-24(29)27-15-6-16-32-18-19-7-4-5-10-23(19)26/h1-5,7-14H,6,15-18H2,(H,27,29). The highest BCUT2D eigenvalue weighted by Gasteiger charge is 2.27. The zero-order valence-electron chi connectivity index (χ0n) is 17.8.